The summed E-state index contributed by atoms with van der Waals surface area (Å²) in [6.45, 7) is 2.02. The minimum atomic E-state index is -2.94. The molecule has 100 valence electrons. The highest BCUT2D eigenvalue weighted by molar-refractivity contribution is 7.91. The number of ether oxygens (including phenoxy) is 1. The van der Waals surface area contributed by atoms with Crippen LogP contribution in [0.25, 0.3) is 0 Å². The summed E-state index contributed by atoms with van der Waals surface area (Å²) >= 11 is 0. The van der Waals surface area contributed by atoms with E-state index < -0.39 is 9.84 Å². The average molecular weight is 268 g/mol. The average Bonchev–Trinajstić information content (AvgIpc) is 2.28. The number of sulfone groups is 1. The van der Waals surface area contributed by atoms with E-state index in [-0.39, 0.29) is 11.4 Å². The normalized spacial score (nSPS) is 24.8. The van der Waals surface area contributed by atoms with Crippen molar-refractivity contribution in [2.45, 2.75) is 44.0 Å². The van der Waals surface area contributed by atoms with E-state index in [1.54, 1.807) is 0 Å². The van der Waals surface area contributed by atoms with E-state index in [4.69, 9.17) is 4.74 Å². The molecule has 1 aliphatic rings. The van der Waals surface area contributed by atoms with E-state index in [0.717, 1.165) is 30.6 Å². The lowest BCUT2D eigenvalue weighted by Gasteiger charge is -2.28. The highest BCUT2D eigenvalue weighted by atomic mass is 32.2. The van der Waals surface area contributed by atoms with Crippen molar-refractivity contribution in [3.63, 3.8) is 0 Å². The smallest absolute Gasteiger partial charge is 0.150 e. The number of rotatable bonds is 3. The lowest BCUT2D eigenvalue weighted by Crippen LogP contribution is -2.33. The zero-order chi connectivity index (χ0) is 13.2. The third-order valence-electron chi connectivity index (χ3n) is 3.48. The Morgan fingerprint density at radius 2 is 2.06 bits per heavy atom. The van der Waals surface area contributed by atoms with Crippen LogP contribution in [-0.2, 0) is 9.84 Å². The van der Waals surface area contributed by atoms with Gasteiger partial charge in [0.15, 0.2) is 0 Å². The molecule has 0 N–H and O–H groups in total. The maximum absolute atomic E-state index is 11.6. The number of aryl methyl sites for hydroxylation is 1. The fourth-order valence-corrected chi connectivity index (χ4v) is 3.64. The van der Waals surface area contributed by atoms with Gasteiger partial charge in [-0.3, -0.25) is 0 Å². The summed E-state index contributed by atoms with van der Waals surface area (Å²) in [7, 11) is -2.94. The zero-order valence-electron chi connectivity index (χ0n) is 10.9. The maximum atomic E-state index is 11.6. The fourth-order valence-electron chi connectivity index (χ4n) is 2.48. The van der Waals surface area contributed by atoms with Crippen molar-refractivity contribution in [1.82, 2.24) is 0 Å². The van der Waals surface area contributed by atoms with Crippen LogP contribution in [0, 0.1) is 6.92 Å². The molecule has 2 unspecified atom stereocenters. The Bertz CT molecular complexity index is 508. The van der Waals surface area contributed by atoms with Crippen molar-refractivity contribution in [2.24, 2.45) is 0 Å². The molecule has 0 spiro atoms. The molecule has 1 aromatic rings. The lowest BCUT2D eigenvalue weighted by molar-refractivity contribution is 0.156. The molecule has 0 amide bonds. The molecule has 1 saturated carbocycles. The summed E-state index contributed by atoms with van der Waals surface area (Å²) in [5.74, 6) is 0.842. The first-order valence-electron chi connectivity index (χ1n) is 6.37. The summed E-state index contributed by atoms with van der Waals surface area (Å²) in [5.41, 5.74) is 1.16. The molecule has 0 bridgehead atoms. The molecule has 3 nitrogen and oxygen atoms in total. The van der Waals surface area contributed by atoms with Gasteiger partial charge in [0.05, 0.1) is 11.4 Å². The quantitative estimate of drug-likeness (QED) is 0.846. The van der Waals surface area contributed by atoms with Crippen LogP contribution in [-0.4, -0.2) is 26.0 Å². The first-order valence-corrected chi connectivity index (χ1v) is 8.33. The molecule has 18 heavy (non-hydrogen) atoms. The Labute approximate surface area is 109 Å². The summed E-state index contributed by atoms with van der Waals surface area (Å²) in [6.07, 6.45) is 4.61. The van der Waals surface area contributed by atoms with E-state index in [2.05, 4.69) is 0 Å². The number of benzene rings is 1. The van der Waals surface area contributed by atoms with Gasteiger partial charge in [-0.1, -0.05) is 12.1 Å². The topological polar surface area (TPSA) is 43.4 Å². The van der Waals surface area contributed by atoms with Gasteiger partial charge in [-0.05, 0) is 43.9 Å². The SMILES string of the molecule is Cc1cccc(OC2CCCC(S(C)(=O)=O)C2)c1. The molecular formula is C14H20O3S. The molecule has 0 heterocycles. The largest absolute Gasteiger partial charge is 0.490 e. The van der Waals surface area contributed by atoms with Gasteiger partial charge < -0.3 is 4.74 Å². The van der Waals surface area contributed by atoms with Crippen molar-refractivity contribution in [1.29, 1.82) is 0 Å². The predicted octanol–water partition coefficient (Wildman–Crippen LogP) is 2.73. The van der Waals surface area contributed by atoms with Gasteiger partial charge in [0.1, 0.15) is 15.6 Å². The molecule has 2 atom stereocenters. The second-order valence-electron chi connectivity index (χ2n) is 5.17. The van der Waals surface area contributed by atoms with Crippen molar-refractivity contribution in [2.75, 3.05) is 6.26 Å². The Morgan fingerprint density at radius 3 is 2.72 bits per heavy atom. The maximum Gasteiger partial charge on any atom is 0.150 e. The van der Waals surface area contributed by atoms with Crippen molar-refractivity contribution in [3.05, 3.63) is 29.8 Å². The minimum absolute atomic E-state index is 0.0280. The standard InChI is InChI=1S/C14H20O3S/c1-11-5-3-6-12(9-11)17-13-7-4-8-14(10-13)18(2,15)16/h3,5-6,9,13-14H,4,7-8,10H2,1-2H3. The van der Waals surface area contributed by atoms with Crippen molar-refractivity contribution in [3.8, 4) is 5.75 Å². The molecule has 4 heteroatoms. The van der Waals surface area contributed by atoms with Gasteiger partial charge in [0, 0.05) is 12.7 Å². The molecule has 2 rings (SSSR count). The van der Waals surface area contributed by atoms with Crippen molar-refractivity contribution >= 4 is 9.84 Å². The molecule has 1 aromatic carbocycles. The summed E-state index contributed by atoms with van der Waals surface area (Å²) in [6, 6.07) is 7.90. The van der Waals surface area contributed by atoms with E-state index in [1.807, 2.05) is 31.2 Å². The molecular weight excluding hydrogens is 248 g/mol. The van der Waals surface area contributed by atoms with Crippen LogP contribution in [0.3, 0.4) is 0 Å². The van der Waals surface area contributed by atoms with Crippen LogP contribution in [0.5, 0.6) is 5.75 Å². The van der Waals surface area contributed by atoms with Crippen molar-refractivity contribution < 1.29 is 13.2 Å². The molecule has 0 aliphatic heterocycles. The Morgan fingerprint density at radius 1 is 1.28 bits per heavy atom. The Kier molecular flexibility index (Phi) is 3.95. The first kappa shape index (κ1) is 13.4. The molecule has 0 radical (unpaired) electrons. The number of hydrogen-bond donors (Lipinski definition) is 0. The van der Waals surface area contributed by atoms with Crippen LogP contribution in [0.4, 0.5) is 0 Å². The van der Waals surface area contributed by atoms with Gasteiger partial charge >= 0.3 is 0 Å². The van der Waals surface area contributed by atoms with Crippen LogP contribution in [0.2, 0.25) is 0 Å². The monoisotopic (exact) mass is 268 g/mol. The van der Waals surface area contributed by atoms with Gasteiger partial charge in [-0.15, -0.1) is 0 Å². The Balaban J connectivity index is 2.02. The molecule has 0 aromatic heterocycles. The summed E-state index contributed by atoms with van der Waals surface area (Å²) in [5, 5.41) is -0.235. The van der Waals surface area contributed by atoms with Crippen LogP contribution < -0.4 is 4.74 Å². The van der Waals surface area contributed by atoms with Gasteiger partial charge in [-0.25, -0.2) is 8.42 Å². The summed E-state index contributed by atoms with van der Waals surface area (Å²) < 4.78 is 29.1. The molecule has 1 fully saturated rings. The minimum Gasteiger partial charge on any atom is -0.490 e. The first-order chi connectivity index (χ1) is 8.45. The molecule has 0 saturated heterocycles. The third-order valence-corrected chi connectivity index (χ3v) is 5.11. The van der Waals surface area contributed by atoms with Crippen LogP contribution in [0.1, 0.15) is 31.2 Å². The fraction of sp³-hybridized carbons (Fsp3) is 0.571. The third kappa shape index (κ3) is 3.48. The molecule has 1 aliphatic carbocycles. The predicted molar refractivity (Wildman–Crippen MR) is 72.7 cm³/mol. The second-order valence-corrected chi connectivity index (χ2v) is 7.50. The lowest BCUT2D eigenvalue weighted by atomic mass is 9.97. The van der Waals surface area contributed by atoms with Crippen LogP contribution >= 0.6 is 0 Å². The van der Waals surface area contributed by atoms with E-state index in [9.17, 15) is 8.42 Å². The van der Waals surface area contributed by atoms with E-state index in [1.165, 1.54) is 6.26 Å². The number of hydrogen-bond acceptors (Lipinski definition) is 3. The Hall–Kier alpha value is -1.03. The van der Waals surface area contributed by atoms with Gasteiger partial charge in [0.25, 0.3) is 0 Å². The zero-order valence-corrected chi connectivity index (χ0v) is 11.7. The van der Waals surface area contributed by atoms with E-state index in [0.29, 0.717) is 6.42 Å². The van der Waals surface area contributed by atoms with Crippen LogP contribution in [0.15, 0.2) is 24.3 Å². The highest BCUT2D eigenvalue weighted by Crippen LogP contribution is 2.27. The van der Waals surface area contributed by atoms with Gasteiger partial charge in [0.2, 0.25) is 0 Å². The van der Waals surface area contributed by atoms with E-state index >= 15 is 0 Å². The summed E-state index contributed by atoms with van der Waals surface area (Å²) in [4.78, 5) is 0. The second kappa shape index (κ2) is 5.31. The highest BCUT2D eigenvalue weighted by Gasteiger charge is 2.29. The van der Waals surface area contributed by atoms with Gasteiger partial charge in [-0.2, -0.15) is 0 Å².